The lowest BCUT2D eigenvalue weighted by Gasteiger charge is -2.29. The second-order valence-electron chi connectivity index (χ2n) is 8.11. The number of aliphatic carboxylic acids is 1. The Labute approximate surface area is 192 Å². The minimum Gasteiger partial charge on any atom is -0.481 e. The summed E-state index contributed by atoms with van der Waals surface area (Å²) in [6, 6.07) is 14.8. The van der Waals surface area contributed by atoms with Crippen LogP contribution in [0.25, 0.3) is 0 Å². The Morgan fingerprint density at radius 2 is 1.81 bits per heavy atom. The Hall–Kier alpha value is -3.06. The number of rotatable bonds is 13. The van der Waals surface area contributed by atoms with Crippen molar-refractivity contribution in [1.82, 2.24) is 0 Å². The first-order chi connectivity index (χ1) is 15.2. The van der Waals surface area contributed by atoms with Crippen molar-refractivity contribution in [2.45, 2.75) is 49.8 Å². The third-order valence-corrected chi connectivity index (χ3v) is 6.08. The molecule has 2 aromatic carbocycles. The molecule has 0 aliphatic rings. The van der Waals surface area contributed by atoms with E-state index in [1.807, 2.05) is 56.5 Å². The fourth-order valence-corrected chi connectivity index (χ4v) is 3.70. The molecule has 6 nitrogen and oxygen atoms in total. The van der Waals surface area contributed by atoms with Crippen LogP contribution in [0.4, 0.5) is 11.4 Å². The van der Waals surface area contributed by atoms with E-state index in [-0.39, 0.29) is 11.3 Å². The van der Waals surface area contributed by atoms with Crippen molar-refractivity contribution in [2.24, 2.45) is 0 Å². The molecule has 0 aliphatic heterocycles. The maximum atomic E-state index is 11.6. The van der Waals surface area contributed by atoms with E-state index in [2.05, 4.69) is 17.2 Å². The highest BCUT2D eigenvalue weighted by atomic mass is 32.2. The number of carbonyl (C=O) groups is 1. The van der Waals surface area contributed by atoms with Gasteiger partial charge in [-0.15, -0.1) is 0 Å². The van der Waals surface area contributed by atoms with Crippen molar-refractivity contribution in [3.05, 3.63) is 78.5 Å². The molecular weight excluding hydrogens is 424 g/mol. The van der Waals surface area contributed by atoms with Crippen molar-refractivity contribution < 1.29 is 18.3 Å². The first-order valence-electron chi connectivity index (χ1n) is 10.6. The van der Waals surface area contributed by atoms with Crippen molar-refractivity contribution in [3.63, 3.8) is 0 Å². The quantitative estimate of drug-likeness (QED) is 0.189. The first kappa shape index (κ1) is 25.2. The second-order valence-corrected chi connectivity index (χ2v) is 9.14. The molecule has 2 aromatic rings. The Morgan fingerprint density at radius 3 is 2.47 bits per heavy atom. The SMILES string of the molecule is C=C(/C=C/Nc1ccccc1)C(C)(C)c1cc([SH](=O)=O)ccc1NCCCCCC(=O)O. The predicted molar refractivity (Wildman–Crippen MR) is 131 cm³/mol. The van der Waals surface area contributed by atoms with E-state index in [4.69, 9.17) is 5.11 Å². The lowest BCUT2D eigenvalue weighted by Crippen LogP contribution is -2.21. The largest absolute Gasteiger partial charge is 0.481 e. The van der Waals surface area contributed by atoms with Crippen LogP contribution < -0.4 is 10.6 Å². The third-order valence-electron chi connectivity index (χ3n) is 5.38. The number of para-hydroxylation sites is 1. The fraction of sp³-hybridized carbons (Fsp3) is 0.320. The highest BCUT2D eigenvalue weighted by molar-refractivity contribution is 7.72. The highest BCUT2D eigenvalue weighted by Crippen LogP contribution is 2.37. The number of thiol groups is 1. The van der Waals surface area contributed by atoms with Crippen molar-refractivity contribution in [3.8, 4) is 0 Å². The number of hydrogen-bond donors (Lipinski definition) is 4. The Kier molecular flexibility index (Phi) is 9.53. The van der Waals surface area contributed by atoms with Crippen LogP contribution in [0.5, 0.6) is 0 Å². The van der Waals surface area contributed by atoms with E-state index in [0.717, 1.165) is 35.4 Å². The molecule has 0 fully saturated rings. The van der Waals surface area contributed by atoms with Gasteiger partial charge >= 0.3 is 5.97 Å². The fourth-order valence-electron chi connectivity index (χ4n) is 3.27. The first-order valence-corrected chi connectivity index (χ1v) is 11.8. The summed E-state index contributed by atoms with van der Waals surface area (Å²) in [6.07, 6.45) is 6.17. The van der Waals surface area contributed by atoms with Crippen LogP contribution in [-0.2, 0) is 20.9 Å². The van der Waals surface area contributed by atoms with Crippen LogP contribution in [0, 0.1) is 0 Å². The molecule has 32 heavy (non-hydrogen) atoms. The zero-order valence-corrected chi connectivity index (χ0v) is 19.5. The molecule has 3 N–H and O–H groups in total. The zero-order valence-electron chi connectivity index (χ0n) is 18.6. The average molecular weight is 457 g/mol. The van der Waals surface area contributed by atoms with Gasteiger partial charge in [-0.1, -0.05) is 45.0 Å². The van der Waals surface area contributed by atoms with Gasteiger partial charge in [-0.3, -0.25) is 4.79 Å². The maximum absolute atomic E-state index is 11.6. The van der Waals surface area contributed by atoms with Crippen LogP contribution in [0.1, 0.15) is 45.1 Å². The molecule has 0 saturated carbocycles. The third kappa shape index (κ3) is 7.57. The van der Waals surface area contributed by atoms with Gasteiger partial charge in [0, 0.05) is 36.0 Å². The molecule has 172 valence electrons. The topological polar surface area (TPSA) is 95.5 Å². The summed E-state index contributed by atoms with van der Waals surface area (Å²) < 4.78 is 23.2. The van der Waals surface area contributed by atoms with Crippen LogP contribution >= 0.6 is 0 Å². The molecule has 0 aromatic heterocycles. The molecule has 0 saturated heterocycles. The van der Waals surface area contributed by atoms with Crippen LogP contribution in [0.2, 0.25) is 0 Å². The number of nitrogens with one attached hydrogen (secondary N) is 2. The number of benzene rings is 2. The molecule has 0 spiro atoms. The van der Waals surface area contributed by atoms with Crippen molar-refractivity contribution in [2.75, 3.05) is 17.2 Å². The summed E-state index contributed by atoms with van der Waals surface area (Å²) in [7, 11) is -2.70. The molecule has 0 unspecified atom stereocenters. The zero-order chi connectivity index (χ0) is 23.6. The smallest absolute Gasteiger partial charge is 0.303 e. The Bertz CT molecular complexity index is 1020. The van der Waals surface area contributed by atoms with E-state index >= 15 is 0 Å². The Balaban J connectivity index is 2.14. The summed E-state index contributed by atoms with van der Waals surface area (Å²) in [5.41, 5.74) is 2.95. The van der Waals surface area contributed by atoms with Gasteiger partial charge in [-0.25, -0.2) is 8.42 Å². The lowest BCUT2D eigenvalue weighted by atomic mass is 9.77. The summed E-state index contributed by atoms with van der Waals surface area (Å²) in [5.74, 6) is -0.780. The molecule has 7 heteroatoms. The van der Waals surface area contributed by atoms with Crippen LogP contribution in [-0.4, -0.2) is 26.0 Å². The molecule has 0 aliphatic carbocycles. The normalized spacial score (nSPS) is 11.6. The van der Waals surface area contributed by atoms with Gasteiger partial charge in [0.1, 0.15) is 0 Å². The van der Waals surface area contributed by atoms with E-state index in [1.165, 1.54) is 0 Å². The number of carboxylic acids is 1. The molecule has 0 bridgehead atoms. The van der Waals surface area contributed by atoms with E-state index in [0.29, 0.717) is 13.0 Å². The maximum Gasteiger partial charge on any atom is 0.303 e. The molecular formula is C25H32N2O4S. The monoisotopic (exact) mass is 456 g/mol. The van der Waals surface area contributed by atoms with Gasteiger partial charge in [0.25, 0.3) is 0 Å². The number of allylic oxidation sites excluding steroid dienone is 2. The summed E-state index contributed by atoms with van der Waals surface area (Å²) in [6.45, 7) is 8.92. The van der Waals surface area contributed by atoms with Gasteiger partial charge in [0.05, 0.1) is 4.90 Å². The van der Waals surface area contributed by atoms with Crippen LogP contribution in [0.15, 0.2) is 77.9 Å². The van der Waals surface area contributed by atoms with Gasteiger partial charge < -0.3 is 15.7 Å². The number of hydrogen-bond acceptors (Lipinski definition) is 5. The minimum atomic E-state index is -2.70. The van der Waals surface area contributed by atoms with Gasteiger partial charge in [-0.05, 0) is 60.4 Å². The second kappa shape index (κ2) is 12.1. The molecule has 0 amide bonds. The molecule has 0 radical (unpaired) electrons. The summed E-state index contributed by atoms with van der Waals surface area (Å²) in [5, 5.41) is 15.3. The summed E-state index contributed by atoms with van der Waals surface area (Å²) >= 11 is 0. The average Bonchev–Trinajstić information content (AvgIpc) is 2.76. The van der Waals surface area contributed by atoms with Crippen molar-refractivity contribution in [1.29, 1.82) is 0 Å². The number of carboxylic acid groups (broad SMARTS) is 1. The lowest BCUT2D eigenvalue weighted by molar-refractivity contribution is -0.137. The Morgan fingerprint density at radius 1 is 1.09 bits per heavy atom. The molecule has 0 atom stereocenters. The van der Waals surface area contributed by atoms with Gasteiger partial charge in [0.2, 0.25) is 0 Å². The number of anilines is 2. The predicted octanol–water partition coefficient (Wildman–Crippen LogP) is 5.17. The minimum absolute atomic E-state index is 0.173. The van der Waals surface area contributed by atoms with Crippen LogP contribution in [0.3, 0.4) is 0 Å². The summed E-state index contributed by atoms with van der Waals surface area (Å²) in [4.78, 5) is 10.9. The van der Waals surface area contributed by atoms with Crippen molar-refractivity contribution >= 4 is 28.0 Å². The molecule has 0 heterocycles. The van der Waals surface area contributed by atoms with Gasteiger partial charge in [-0.2, -0.15) is 0 Å². The highest BCUT2D eigenvalue weighted by Gasteiger charge is 2.26. The number of unbranched alkanes of at least 4 members (excludes halogenated alkanes) is 2. The van der Waals surface area contributed by atoms with E-state index in [1.54, 1.807) is 18.2 Å². The standard InChI is InChI=1S/C25H32N2O4S/c1-19(15-17-26-20-10-6-4-7-11-20)25(2,3)22-18-21(32(30)31)13-14-23(22)27-16-9-5-8-12-24(28)29/h4,6-7,10-11,13-15,17-18,26-27,32H,1,5,8-9,12,16H2,2-3H3,(H,28,29)/b17-15+. The van der Waals surface area contributed by atoms with E-state index < -0.39 is 22.1 Å². The molecule has 2 rings (SSSR count). The van der Waals surface area contributed by atoms with Gasteiger partial charge in [0.15, 0.2) is 10.7 Å². The van der Waals surface area contributed by atoms with E-state index in [9.17, 15) is 13.2 Å².